The molecule has 0 aliphatic carbocycles. The van der Waals surface area contributed by atoms with E-state index in [4.69, 9.17) is 24.7 Å². The molecule has 0 saturated carbocycles. The topological polar surface area (TPSA) is 373 Å². The van der Waals surface area contributed by atoms with Crippen molar-refractivity contribution in [3.63, 3.8) is 0 Å². The van der Waals surface area contributed by atoms with Crippen molar-refractivity contribution < 1.29 is 81.6 Å². The molecular formula is C76H111N11O17. The number of anilines is 3. The number of ether oxygens (including phenoxy) is 4. The Labute approximate surface area is 611 Å². The third-order valence-electron chi connectivity index (χ3n) is 19.0. The maximum absolute atomic E-state index is 14.9. The number of rotatable bonds is 38. The molecule has 2 aliphatic heterocycles. The van der Waals surface area contributed by atoms with Crippen molar-refractivity contribution in [1.29, 1.82) is 0 Å². The molecule has 2 heterocycles. The molecule has 5 rings (SSSR count). The molecule has 28 heteroatoms. The fourth-order valence-electron chi connectivity index (χ4n) is 13.2. The third-order valence-corrected chi connectivity index (χ3v) is 19.0. The number of hydrogen-bond donors (Lipinski definition) is 8. The van der Waals surface area contributed by atoms with Crippen LogP contribution < -0.4 is 42.5 Å². The van der Waals surface area contributed by atoms with Crippen LogP contribution in [0.25, 0.3) is 0 Å². The fraction of sp³-hybridized carbons (Fsp3) is 0.579. The van der Waals surface area contributed by atoms with E-state index in [1.165, 1.54) is 44.4 Å². The van der Waals surface area contributed by atoms with E-state index in [0.717, 1.165) is 17.1 Å². The summed E-state index contributed by atoms with van der Waals surface area (Å²) in [7, 11) is 6.14. The van der Waals surface area contributed by atoms with Gasteiger partial charge in [0.25, 0.3) is 17.7 Å². The molecule has 28 nitrogen and oxygen atoms in total. The monoisotopic (exact) mass is 1450 g/mol. The summed E-state index contributed by atoms with van der Waals surface area (Å²) in [6.07, 6.45) is 0.755. The van der Waals surface area contributed by atoms with Gasteiger partial charge in [-0.25, -0.2) is 14.5 Å². The van der Waals surface area contributed by atoms with Crippen molar-refractivity contribution >= 4 is 88.2 Å². The standard InChI is InChI=1S/C76H111N11O17/c1-18-46(8)66(59(101-16)40-62(91)86-37-23-27-57(86)68(102-17)47(9)69(94)80-48(10)67(93)50-24-20-19-21-25-50)84(14)73(98)53(43(2)3)39-58(88)65(45(6)7)85(15)75(100)103-42-49-28-31-52(32-29-49)81-71(96)54(26-22-36-78-74(77)99)82-72(97)64(44(4)5)83-70(95)51-30-33-56(87-60(89)34-35-61(87)90)55(38-51)79-41-63(92)104-76(11,12)13/h19-21,24-25,28-35,38,43-48,53-54,57,59,64-68,79,93H,18,22-23,26-27,36-37,39-42H2,1-17H3,(H,80,94)(H,81,96)(H,82,97)(H,83,95)(H3,77,78,99)/t46-,47+,48-,53-,54-,57-,59+,64-,65+,66+,67-,68-/m0/s1. The number of nitrogens with two attached hydrogens (primary N) is 1. The molecule has 3 aromatic carbocycles. The van der Waals surface area contributed by atoms with Crippen LogP contribution in [-0.4, -0.2) is 193 Å². The molecule has 1 fully saturated rings. The van der Waals surface area contributed by atoms with Gasteiger partial charge in [0, 0.05) is 77.1 Å². The Hall–Kier alpha value is -9.28. The van der Waals surface area contributed by atoms with Gasteiger partial charge in [0.05, 0.1) is 66.2 Å². The van der Waals surface area contributed by atoms with Gasteiger partial charge in [-0.1, -0.05) is 111 Å². The zero-order valence-corrected chi connectivity index (χ0v) is 63.4. The minimum absolute atomic E-state index is 0.00460. The molecule has 12 atom stereocenters. The van der Waals surface area contributed by atoms with Crippen LogP contribution in [0.1, 0.15) is 163 Å². The van der Waals surface area contributed by atoms with Crippen LogP contribution in [-0.2, 0) is 68.7 Å². The number of benzene rings is 3. The van der Waals surface area contributed by atoms with Gasteiger partial charge in [-0.15, -0.1) is 0 Å². The number of urea groups is 1. The van der Waals surface area contributed by atoms with E-state index in [1.54, 1.807) is 116 Å². The first-order chi connectivity index (χ1) is 48.9. The second-order valence-corrected chi connectivity index (χ2v) is 29.0. The number of carbonyl (C=O) groups is 12. The summed E-state index contributed by atoms with van der Waals surface area (Å²) in [5.41, 5.74) is 6.02. The van der Waals surface area contributed by atoms with E-state index in [9.17, 15) is 62.6 Å². The first-order valence-corrected chi connectivity index (χ1v) is 35.7. The van der Waals surface area contributed by atoms with Gasteiger partial charge < -0.3 is 76.4 Å². The second kappa shape index (κ2) is 39.6. The SMILES string of the molecule is CC[C@H](C)[C@H]([C@@H](CC(=O)N1CCC[C@H]1[C@@H](OC)[C@@H](C)C(=O)N[C@@H](C)[C@H](O)c1ccccc1)OC)N(C)C(=O)[C@@H](CC(=O)[C@@H](C(C)C)N(C)C(=O)OCc1ccc(NC(=O)[C@H](CCCNC(N)=O)NC(=O)[C@@H](NC(=O)c2ccc(N3C(=O)C=CC3=O)c(NCC(=O)OC(C)(C)C)c2)C(C)C)cc1)C(C)C. The average molecular weight is 1450 g/mol. The van der Waals surface area contributed by atoms with Crippen LogP contribution in [0.3, 0.4) is 0 Å². The van der Waals surface area contributed by atoms with Crippen molar-refractivity contribution in [2.24, 2.45) is 41.2 Å². The number of aliphatic hydroxyl groups is 1. The molecule has 0 bridgehead atoms. The zero-order chi connectivity index (χ0) is 77.6. The van der Waals surface area contributed by atoms with Crippen molar-refractivity contribution in [3.05, 3.63) is 102 Å². The van der Waals surface area contributed by atoms with Crippen LogP contribution >= 0.6 is 0 Å². The molecule has 1 saturated heterocycles. The van der Waals surface area contributed by atoms with E-state index in [1.807, 2.05) is 45.9 Å². The lowest BCUT2D eigenvalue weighted by molar-refractivity contribution is -0.152. The second-order valence-electron chi connectivity index (χ2n) is 29.0. The van der Waals surface area contributed by atoms with Gasteiger partial charge in [-0.3, -0.25) is 47.9 Å². The van der Waals surface area contributed by atoms with E-state index < -0.39 is 138 Å². The minimum atomic E-state index is -1.23. The van der Waals surface area contributed by atoms with Crippen LogP contribution in [0.5, 0.6) is 0 Å². The number of amides is 11. The largest absolute Gasteiger partial charge is 0.459 e. The molecule has 0 spiro atoms. The zero-order valence-electron chi connectivity index (χ0n) is 63.4. The van der Waals surface area contributed by atoms with Gasteiger partial charge >= 0.3 is 18.1 Å². The summed E-state index contributed by atoms with van der Waals surface area (Å²) in [5, 5.41) is 27.5. The summed E-state index contributed by atoms with van der Waals surface area (Å²) in [4.78, 5) is 169. The summed E-state index contributed by atoms with van der Waals surface area (Å²) < 4.78 is 23.2. The number of imide groups is 1. The minimum Gasteiger partial charge on any atom is -0.459 e. The van der Waals surface area contributed by atoms with Crippen molar-refractivity contribution in [2.45, 2.75) is 202 Å². The van der Waals surface area contributed by atoms with E-state index >= 15 is 0 Å². The number of methoxy groups -OCH3 is 2. The summed E-state index contributed by atoms with van der Waals surface area (Å²) in [5.74, 6) is -8.32. The number of nitrogens with zero attached hydrogens (tertiary/aromatic N) is 4. The van der Waals surface area contributed by atoms with Crippen LogP contribution in [0.2, 0.25) is 0 Å². The average Bonchev–Trinajstić information content (AvgIpc) is 1.49. The molecule has 0 radical (unpaired) electrons. The number of Topliss-reactive ketones (excluding diaryl/α,β-unsaturated/α-hetero) is 1. The van der Waals surface area contributed by atoms with E-state index in [2.05, 4.69) is 31.9 Å². The number of hydrogen-bond acceptors (Lipinski definition) is 18. The summed E-state index contributed by atoms with van der Waals surface area (Å²) >= 11 is 0. The highest BCUT2D eigenvalue weighted by atomic mass is 16.6. The number of likely N-dealkylation sites (N-methyl/N-ethyl adjacent to an activating group) is 2. The Morgan fingerprint density at radius 2 is 1.39 bits per heavy atom. The Balaban J connectivity index is 1.22. The third kappa shape index (κ3) is 23.9. The molecular weight excluding hydrogens is 1340 g/mol. The van der Waals surface area contributed by atoms with Gasteiger partial charge in [-0.2, -0.15) is 0 Å². The van der Waals surface area contributed by atoms with Gasteiger partial charge in [0.2, 0.25) is 29.5 Å². The molecule has 572 valence electrons. The number of aliphatic hydroxyl groups excluding tert-OH is 1. The predicted octanol–water partition coefficient (Wildman–Crippen LogP) is 7.18. The number of esters is 1. The van der Waals surface area contributed by atoms with E-state index in [-0.39, 0.29) is 91.1 Å². The smallest absolute Gasteiger partial charge is 0.410 e. The number of ketones is 1. The number of nitrogens with one attached hydrogen (secondary N) is 6. The van der Waals surface area contributed by atoms with Gasteiger partial charge in [-0.05, 0) is 119 Å². The highest BCUT2D eigenvalue weighted by Gasteiger charge is 2.44. The fourth-order valence-corrected chi connectivity index (χ4v) is 13.2. The lowest BCUT2D eigenvalue weighted by Crippen LogP contribution is -2.55. The van der Waals surface area contributed by atoms with Gasteiger partial charge in [0.1, 0.15) is 30.8 Å². The predicted molar refractivity (Wildman–Crippen MR) is 392 cm³/mol. The summed E-state index contributed by atoms with van der Waals surface area (Å²) in [6.45, 7) is 23.0. The Morgan fingerprint density at radius 3 is 1.96 bits per heavy atom. The molecule has 3 aromatic rings. The normalized spacial score (nSPS) is 17.0. The van der Waals surface area contributed by atoms with Crippen LogP contribution in [0.4, 0.5) is 26.7 Å². The Kier molecular flexibility index (Phi) is 32.5. The maximum atomic E-state index is 14.9. The molecule has 0 unspecified atom stereocenters. The highest BCUT2D eigenvalue weighted by molar-refractivity contribution is 6.29. The van der Waals surface area contributed by atoms with Crippen LogP contribution in [0.15, 0.2) is 84.9 Å². The quantitative estimate of drug-likeness (QED) is 0.0160. The molecule has 9 N–H and O–H groups in total. The molecule has 2 aliphatic rings. The van der Waals surface area contributed by atoms with Crippen molar-refractivity contribution in [3.8, 4) is 0 Å². The van der Waals surface area contributed by atoms with Crippen LogP contribution in [0, 0.1) is 35.5 Å². The van der Waals surface area contributed by atoms with Crippen molar-refractivity contribution in [2.75, 3.05) is 63.5 Å². The van der Waals surface area contributed by atoms with E-state index in [0.29, 0.717) is 42.6 Å². The lowest BCUT2D eigenvalue weighted by Gasteiger charge is -2.41. The number of primary amides is 1. The first kappa shape index (κ1) is 85.4. The number of likely N-dealkylation sites (tertiary alicyclic amines) is 1. The number of carbonyl (C=O) groups excluding carboxylic acids is 12. The van der Waals surface area contributed by atoms with Crippen molar-refractivity contribution in [1.82, 2.24) is 36.0 Å². The molecule has 104 heavy (non-hydrogen) atoms. The summed E-state index contributed by atoms with van der Waals surface area (Å²) in [6, 6.07) is 13.5. The molecule has 0 aromatic heterocycles. The maximum Gasteiger partial charge on any atom is 0.410 e. The lowest BCUT2D eigenvalue weighted by atomic mass is 9.83. The Bertz CT molecular complexity index is 3490. The Morgan fingerprint density at radius 1 is 0.750 bits per heavy atom. The highest BCUT2D eigenvalue weighted by Crippen LogP contribution is 2.34. The van der Waals surface area contributed by atoms with Gasteiger partial charge in [0.15, 0.2) is 5.78 Å². The first-order valence-electron chi connectivity index (χ1n) is 35.7. The molecule has 11 amide bonds.